The Balaban J connectivity index is 2.64. The molecule has 0 amide bonds. The maximum absolute atomic E-state index is 3.77. The van der Waals surface area contributed by atoms with Gasteiger partial charge in [0.15, 0.2) is 0 Å². The third kappa shape index (κ3) is 4.55. The molecule has 1 N–H and O–H groups in total. The Kier molecular flexibility index (Phi) is 5.67. The number of piperazine rings is 1. The molecule has 0 aromatic rings. The Morgan fingerprint density at radius 3 is 2.22 bits per heavy atom. The van der Waals surface area contributed by atoms with E-state index in [9.17, 15) is 0 Å². The van der Waals surface area contributed by atoms with E-state index in [1.165, 1.54) is 19.5 Å². The molecule has 2 atom stereocenters. The zero-order valence-corrected chi connectivity index (χ0v) is 13.6. The van der Waals surface area contributed by atoms with E-state index in [1.807, 2.05) is 0 Å². The Hall–Kier alpha value is -0.0800. The fourth-order valence-corrected chi connectivity index (χ4v) is 2.75. The van der Waals surface area contributed by atoms with E-state index in [-0.39, 0.29) is 0 Å². The lowest BCUT2D eigenvalue weighted by atomic mass is 9.83. The minimum atomic E-state index is 0.359. The second kappa shape index (κ2) is 6.38. The summed E-state index contributed by atoms with van der Waals surface area (Å²) in [5, 5.41) is 3.77. The van der Waals surface area contributed by atoms with Gasteiger partial charge in [0.1, 0.15) is 0 Å². The van der Waals surface area contributed by atoms with Crippen molar-refractivity contribution in [3.8, 4) is 0 Å². The summed E-state index contributed by atoms with van der Waals surface area (Å²) in [7, 11) is 0. The van der Waals surface area contributed by atoms with Gasteiger partial charge in [0, 0.05) is 25.2 Å². The van der Waals surface area contributed by atoms with Gasteiger partial charge in [-0.05, 0) is 30.2 Å². The van der Waals surface area contributed by atoms with Crippen molar-refractivity contribution in [2.45, 2.75) is 67.0 Å². The van der Waals surface area contributed by atoms with Crippen molar-refractivity contribution in [3.63, 3.8) is 0 Å². The van der Waals surface area contributed by atoms with Crippen LogP contribution in [0.15, 0.2) is 0 Å². The van der Waals surface area contributed by atoms with Crippen LogP contribution in [-0.2, 0) is 0 Å². The molecule has 1 rings (SSSR count). The Morgan fingerprint density at radius 2 is 1.78 bits per heavy atom. The van der Waals surface area contributed by atoms with Crippen molar-refractivity contribution in [3.05, 3.63) is 0 Å². The van der Waals surface area contributed by atoms with E-state index < -0.39 is 0 Å². The quantitative estimate of drug-likeness (QED) is 0.827. The van der Waals surface area contributed by atoms with E-state index in [4.69, 9.17) is 0 Å². The van der Waals surface area contributed by atoms with Crippen molar-refractivity contribution >= 4 is 0 Å². The number of rotatable bonds is 4. The summed E-state index contributed by atoms with van der Waals surface area (Å²) >= 11 is 0. The molecule has 18 heavy (non-hydrogen) atoms. The van der Waals surface area contributed by atoms with Crippen LogP contribution in [0.3, 0.4) is 0 Å². The van der Waals surface area contributed by atoms with Gasteiger partial charge in [0.05, 0.1) is 0 Å². The topological polar surface area (TPSA) is 15.3 Å². The molecule has 0 aromatic heterocycles. The molecule has 1 heterocycles. The molecular weight excluding hydrogens is 220 g/mol. The van der Waals surface area contributed by atoms with Gasteiger partial charge in [-0.15, -0.1) is 0 Å². The van der Waals surface area contributed by atoms with Crippen LogP contribution in [0.25, 0.3) is 0 Å². The van der Waals surface area contributed by atoms with Crippen LogP contribution in [0.2, 0.25) is 0 Å². The first kappa shape index (κ1) is 16.0. The molecule has 0 radical (unpaired) electrons. The molecule has 108 valence electrons. The standard InChI is InChI=1S/C16H34N2/c1-12(2)8-9-18-11-15(16(5,6)7)17-10-14(18)13(3)4/h12-15,17H,8-11H2,1-7H3. The van der Waals surface area contributed by atoms with Crippen LogP contribution in [0.1, 0.15) is 54.9 Å². The van der Waals surface area contributed by atoms with Gasteiger partial charge in [-0.3, -0.25) is 4.90 Å². The van der Waals surface area contributed by atoms with Gasteiger partial charge in [-0.1, -0.05) is 48.5 Å². The van der Waals surface area contributed by atoms with Crippen molar-refractivity contribution in [1.82, 2.24) is 10.2 Å². The lowest BCUT2D eigenvalue weighted by Crippen LogP contribution is -2.61. The molecule has 1 saturated heterocycles. The third-order valence-electron chi connectivity index (χ3n) is 4.27. The van der Waals surface area contributed by atoms with Crippen molar-refractivity contribution < 1.29 is 0 Å². The monoisotopic (exact) mass is 254 g/mol. The Labute approximate surface area is 115 Å². The van der Waals surface area contributed by atoms with E-state index in [2.05, 4.69) is 58.7 Å². The van der Waals surface area contributed by atoms with E-state index in [0.717, 1.165) is 18.4 Å². The highest BCUT2D eigenvalue weighted by Crippen LogP contribution is 2.26. The maximum Gasteiger partial charge on any atom is 0.0244 e. The molecule has 2 nitrogen and oxygen atoms in total. The lowest BCUT2D eigenvalue weighted by molar-refractivity contribution is 0.0598. The fourth-order valence-electron chi connectivity index (χ4n) is 2.75. The van der Waals surface area contributed by atoms with Gasteiger partial charge < -0.3 is 5.32 Å². The normalized spacial score (nSPS) is 27.2. The largest absolute Gasteiger partial charge is 0.311 e. The highest BCUT2D eigenvalue weighted by Gasteiger charge is 2.34. The van der Waals surface area contributed by atoms with Gasteiger partial charge in [-0.25, -0.2) is 0 Å². The van der Waals surface area contributed by atoms with Gasteiger partial charge in [0.25, 0.3) is 0 Å². The number of nitrogens with one attached hydrogen (secondary N) is 1. The summed E-state index contributed by atoms with van der Waals surface area (Å²) in [5.41, 5.74) is 0.359. The maximum atomic E-state index is 3.77. The smallest absolute Gasteiger partial charge is 0.0244 e. The molecule has 0 bridgehead atoms. The highest BCUT2D eigenvalue weighted by atomic mass is 15.2. The fraction of sp³-hybridized carbons (Fsp3) is 1.00. The summed E-state index contributed by atoms with van der Waals surface area (Å²) in [5.74, 6) is 1.55. The Morgan fingerprint density at radius 1 is 1.17 bits per heavy atom. The first-order chi connectivity index (χ1) is 8.21. The molecule has 1 fully saturated rings. The molecule has 2 heteroatoms. The van der Waals surface area contributed by atoms with Crippen molar-refractivity contribution in [2.75, 3.05) is 19.6 Å². The predicted octanol–water partition coefficient (Wildman–Crippen LogP) is 3.38. The zero-order valence-electron chi connectivity index (χ0n) is 13.6. The molecule has 0 aliphatic carbocycles. The second-order valence-corrected chi connectivity index (χ2v) is 7.82. The lowest BCUT2D eigenvalue weighted by Gasteiger charge is -2.46. The SMILES string of the molecule is CC(C)CCN1CC(C(C)(C)C)NCC1C(C)C. The minimum absolute atomic E-state index is 0.359. The summed E-state index contributed by atoms with van der Waals surface area (Å²) < 4.78 is 0. The van der Waals surface area contributed by atoms with Gasteiger partial charge >= 0.3 is 0 Å². The summed E-state index contributed by atoms with van der Waals surface area (Å²) in [6.07, 6.45) is 1.32. The molecular formula is C16H34N2. The van der Waals surface area contributed by atoms with Gasteiger partial charge in [0.2, 0.25) is 0 Å². The summed E-state index contributed by atoms with van der Waals surface area (Å²) in [4.78, 5) is 2.73. The van der Waals surface area contributed by atoms with Crippen LogP contribution in [0, 0.1) is 17.3 Å². The van der Waals surface area contributed by atoms with Crippen LogP contribution in [0.4, 0.5) is 0 Å². The number of hydrogen-bond acceptors (Lipinski definition) is 2. The van der Waals surface area contributed by atoms with Crippen LogP contribution in [-0.4, -0.2) is 36.6 Å². The van der Waals surface area contributed by atoms with E-state index >= 15 is 0 Å². The number of nitrogens with zero attached hydrogens (tertiary/aromatic N) is 1. The molecule has 2 unspecified atom stereocenters. The first-order valence-electron chi connectivity index (χ1n) is 7.69. The van der Waals surface area contributed by atoms with Crippen LogP contribution >= 0.6 is 0 Å². The average Bonchev–Trinajstić information content (AvgIpc) is 2.24. The van der Waals surface area contributed by atoms with E-state index in [1.54, 1.807) is 0 Å². The second-order valence-electron chi connectivity index (χ2n) is 7.82. The Bertz CT molecular complexity index is 240. The molecule has 1 aliphatic rings. The molecule has 1 aliphatic heterocycles. The average molecular weight is 254 g/mol. The van der Waals surface area contributed by atoms with Crippen molar-refractivity contribution in [1.29, 1.82) is 0 Å². The van der Waals surface area contributed by atoms with Crippen molar-refractivity contribution in [2.24, 2.45) is 17.3 Å². The van der Waals surface area contributed by atoms with Crippen LogP contribution < -0.4 is 5.32 Å². The molecule has 0 aromatic carbocycles. The predicted molar refractivity (Wildman–Crippen MR) is 80.9 cm³/mol. The summed E-state index contributed by atoms with van der Waals surface area (Å²) in [6, 6.07) is 1.34. The summed E-state index contributed by atoms with van der Waals surface area (Å²) in [6.45, 7) is 20.0. The molecule has 0 saturated carbocycles. The first-order valence-corrected chi connectivity index (χ1v) is 7.69. The minimum Gasteiger partial charge on any atom is -0.311 e. The van der Waals surface area contributed by atoms with Crippen LogP contribution in [0.5, 0.6) is 0 Å². The number of hydrogen-bond donors (Lipinski definition) is 1. The van der Waals surface area contributed by atoms with E-state index in [0.29, 0.717) is 17.5 Å². The third-order valence-corrected chi connectivity index (χ3v) is 4.27. The highest BCUT2D eigenvalue weighted by molar-refractivity contribution is 4.92. The van der Waals surface area contributed by atoms with Gasteiger partial charge in [-0.2, -0.15) is 0 Å². The molecule has 0 spiro atoms. The zero-order chi connectivity index (χ0) is 13.9.